The van der Waals surface area contributed by atoms with Gasteiger partial charge in [-0.05, 0) is 53.9 Å². The van der Waals surface area contributed by atoms with Crippen LogP contribution in [0.25, 0.3) is 11.1 Å². The summed E-state index contributed by atoms with van der Waals surface area (Å²) in [6.45, 7) is 3.21. The molecule has 0 saturated carbocycles. The van der Waals surface area contributed by atoms with Crippen molar-refractivity contribution in [3.8, 4) is 11.1 Å². The van der Waals surface area contributed by atoms with Crippen LogP contribution in [0.2, 0.25) is 0 Å². The van der Waals surface area contributed by atoms with Crippen LogP contribution in [0.5, 0.6) is 0 Å². The molecule has 0 radical (unpaired) electrons. The van der Waals surface area contributed by atoms with Crippen molar-refractivity contribution in [2.45, 2.75) is 19.1 Å². The molecule has 176 valence electrons. The SMILES string of the molecule is Cc1cc(NC(=O)C(O)c2cc(F)cc(F)c2)ccc1-c1cnc(N)c(C(=O)NC2CNC2)c1. The second-order valence-corrected chi connectivity index (χ2v) is 8.11. The van der Waals surface area contributed by atoms with Gasteiger partial charge in [0, 0.05) is 36.6 Å². The summed E-state index contributed by atoms with van der Waals surface area (Å²) in [5.74, 6) is -2.80. The third kappa shape index (κ3) is 5.03. The van der Waals surface area contributed by atoms with Crippen molar-refractivity contribution in [3.05, 3.63) is 77.0 Å². The zero-order valence-corrected chi connectivity index (χ0v) is 18.2. The van der Waals surface area contributed by atoms with E-state index < -0.39 is 23.6 Å². The minimum atomic E-state index is -1.75. The van der Waals surface area contributed by atoms with Crippen molar-refractivity contribution in [3.63, 3.8) is 0 Å². The highest BCUT2D eigenvalue weighted by Crippen LogP contribution is 2.28. The molecule has 2 heterocycles. The Kier molecular flexibility index (Phi) is 6.53. The molecular weight excluding hydrogens is 444 g/mol. The topological polar surface area (TPSA) is 129 Å². The predicted octanol–water partition coefficient (Wildman–Crippen LogP) is 2.29. The van der Waals surface area contributed by atoms with Gasteiger partial charge in [-0.3, -0.25) is 9.59 Å². The van der Waals surface area contributed by atoms with Crippen molar-refractivity contribution >= 4 is 23.3 Å². The number of pyridine rings is 1. The molecular formula is C24H23F2N5O3. The number of carbonyl (C=O) groups is 2. The maximum atomic E-state index is 13.4. The number of nitrogens with zero attached hydrogens (tertiary/aromatic N) is 1. The van der Waals surface area contributed by atoms with Gasteiger partial charge in [-0.1, -0.05) is 6.07 Å². The largest absolute Gasteiger partial charge is 0.383 e. The van der Waals surface area contributed by atoms with Gasteiger partial charge >= 0.3 is 0 Å². The van der Waals surface area contributed by atoms with E-state index in [1.165, 1.54) is 0 Å². The lowest BCUT2D eigenvalue weighted by molar-refractivity contribution is -0.124. The number of hydrogen-bond acceptors (Lipinski definition) is 6. The molecule has 1 unspecified atom stereocenters. The molecule has 1 aliphatic rings. The minimum absolute atomic E-state index is 0.0550. The number of aliphatic hydroxyl groups excluding tert-OH is 1. The number of rotatable bonds is 6. The molecule has 0 spiro atoms. The first kappa shape index (κ1) is 23.3. The number of halogens is 2. The number of nitrogens with two attached hydrogens (primary N) is 1. The van der Waals surface area contributed by atoms with Crippen LogP contribution in [0.4, 0.5) is 20.3 Å². The number of amides is 2. The Hall–Kier alpha value is -3.89. The van der Waals surface area contributed by atoms with Crippen LogP contribution in [0.3, 0.4) is 0 Å². The summed E-state index contributed by atoms with van der Waals surface area (Å²) in [6.07, 6.45) is -0.196. The number of anilines is 2. The summed E-state index contributed by atoms with van der Waals surface area (Å²) >= 11 is 0. The quantitative estimate of drug-likeness (QED) is 0.378. The van der Waals surface area contributed by atoms with Gasteiger partial charge in [0.25, 0.3) is 11.8 Å². The van der Waals surface area contributed by atoms with Gasteiger partial charge in [0.15, 0.2) is 6.10 Å². The summed E-state index contributed by atoms with van der Waals surface area (Å²) in [4.78, 5) is 29.1. The van der Waals surface area contributed by atoms with Gasteiger partial charge in [0.1, 0.15) is 17.5 Å². The molecule has 2 amide bonds. The van der Waals surface area contributed by atoms with Crippen LogP contribution >= 0.6 is 0 Å². The Bertz CT molecular complexity index is 1240. The number of nitrogen functional groups attached to an aromatic ring is 1. The highest BCUT2D eigenvalue weighted by Gasteiger charge is 2.22. The van der Waals surface area contributed by atoms with E-state index in [0.717, 1.165) is 23.3 Å². The molecule has 6 N–H and O–H groups in total. The van der Waals surface area contributed by atoms with E-state index in [9.17, 15) is 23.5 Å². The first-order chi connectivity index (χ1) is 16.2. The number of aliphatic hydroxyl groups is 1. The Morgan fingerprint density at radius 1 is 1.15 bits per heavy atom. The highest BCUT2D eigenvalue weighted by molar-refractivity contribution is 6.00. The number of benzene rings is 2. The summed E-state index contributed by atoms with van der Waals surface area (Å²) in [5.41, 5.74) is 8.54. The fourth-order valence-electron chi connectivity index (χ4n) is 3.62. The Morgan fingerprint density at radius 2 is 1.85 bits per heavy atom. The van der Waals surface area contributed by atoms with Gasteiger partial charge < -0.3 is 26.8 Å². The lowest BCUT2D eigenvalue weighted by Crippen LogP contribution is -2.57. The molecule has 34 heavy (non-hydrogen) atoms. The molecule has 8 nitrogen and oxygen atoms in total. The second kappa shape index (κ2) is 9.54. The predicted molar refractivity (Wildman–Crippen MR) is 123 cm³/mol. The molecule has 2 aromatic carbocycles. The van der Waals surface area contributed by atoms with Crippen molar-refractivity contribution in [1.82, 2.24) is 15.6 Å². The summed E-state index contributed by atoms with van der Waals surface area (Å²) < 4.78 is 26.8. The first-order valence-corrected chi connectivity index (χ1v) is 10.5. The van der Waals surface area contributed by atoms with E-state index in [0.29, 0.717) is 30.4 Å². The normalized spacial score (nSPS) is 14.2. The third-order valence-corrected chi connectivity index (χ3v) is 5.53. The zero-order chi connectivity index (χ0) is 24.4. The van der Waals surface area contributed by atoms with E-state index >= 15 is 0 Å². The number of nitrogens with one attached hydrogen (secondary N) is 3. The molecule has 1 saturated heterocycles. The standard InChI is InChI=1S/C24H23F2N5O3/c1-12-4-17(30-24(34)21(32)13-5-15(25)8-16(26)6-13)2-3-19(12)14-7-20(22(27)29-9-14)23(33)31-18-10-28-11-18/h2-9,18,21,28,32H,10-11H2,1H3,(H2,27,29)(H,30,34)(H,31,33). The van der Waals surface area contributed by atoms with Gasteiger partial charge in [-0.15, -0.1) is 0 Å². The van der Waals surface area contributed by atoms with E-state index in [-0.39, 0.29) is 28.9 Å². The lowest BCUT2D eigenvalue weighted by atomic mass is 9.99. The van der Waals surface area contributed by atoms with Gasteiger partial charge in [-0.2, -0.15) is 0 Å². The fourth-order valence-corrected chi connectivity index (χ4v) is 3.62. The Morgan fingerprint density at radius 3 is 2.47 bits per heavy atom. The summed E-state index contributed by atoms with van der Waals surface area (Å²) in [5, 5.41) is 18.7. The average Bonchev–Trinajstić information content (AvgIpc) is 2.75. The van der Waals surface area contributed by atoms with Crippen LogP contribution < -0.4 is 21.7 Å². The third-order valence-electron chi connectivity index (χ3n) is 5.53. The maximum Gasteiger partial charge on any atom is 0.257 e. The van der Waals surface area contributed by atoms with E-state index in [1.54, 1.807) is 37.4 Å². The van der Waals surface area contributed by atoms with Gasteiger partial charge in [0.05, 0.1) is 11.6 Å². The molecule has 1 aliphatic heterocycles. The lowest BCUT2D eigenvalue weighted by Gasteiger charge is -2.28. The summed E-state index contributed by atoms with van der Waals surface area (Å²) in [6, 6.07) is 9.16. The number of carbonyl (C=O) groups excluding carboxylic acids is 2. The van der Waals surface area contributed by atoms with Crippen LogP contribution in [-0.4, -0.2) is 41.0 Å². The fraction of sp³-hybridized carbons (Fsp3) is 0.208. The van der Waals surface area contributed by atoms with Crippen LogP contribution in [0.15, 0.2) is 48.7 Å². The van der Waals surface area contributed by atoms with Crippen LogP contribution in [0.1, 0.15) is 27.6 Å². The molecule has 3 aromatic rings. The van der Waals surface area contributed by atoms with E-state index in [4.69, 9.17) is 5.73 Å². The Balaban J connectivity index is 1.51. The monoisotopic (exact) mass is 467 g/mol. The van der Waals surface area contributed by atoms with E-state index in [2.05, 4.69) is 20.9 Å². The zero-order valence-electron chi connectivity index (χ0n) is 18.2. The smallest absolute Gasteiger partial charge is 0.257 e. The van der Waals surface area contributed by atoms with Crippen molar-refractivity contribution in [1.29, 1.82) is 0 Å². The van der Waals surface area contributed by atoms with Gasteiger partial charge in [-0.25, -0.2) is 13.8 Å². The molecule has 1 fully saturated rings. The van der Waals surface area contributed by atoms with Crippen molar-refractivity contribution in [2.24, 2.45) is 0 Å². The molecule has 0 aliphatic carbocycles. The highest BCUT2D eigenvalue weighted by atomic mass is 19.1. The number of aromatic nitrogens is 1. The van der Waals surface area contributed by atoms with Gasteiger partial charge in [0.2, 0.25) is 0 Å². The minimum Gasteiger partial charge on any atom is -0.383 e. The molecule has 4 rings (SSSR count). The Labute approximate surface area is 194 Å². The second-order valence-electron chi connectivity index (χ2n) is 8.11. The molecule has 1 atom stereocenters. The molecule has 1 aromatic heterocycles. The van der Waals surface area contributed by atoms with Crippen LogP contribution in [0, 0.1) is 18.6 Å². The van der Waals surface area contributed by atoms with Crippen molar-refractivity contribution < 1.29 is 23.5 Å². The maximum absolute atomic E-state index is 13.4. The molecule has 10 heteroatoms. The number of aryl methyl sites for hydroxylation is 1. The van der Waals surface area contributed by atoms with Crippen LogP contribution in [-0.2, 0) is 4.79 Å². The number of hydrogen-bond donors (Lipinski definition) is 5. The first-order valence-electron chi connectivity index (χ1n) is 10.5. The van der Waals surface area contributed by atoms with E-state index in [1.807, 2.05) is 0 Å². The molecule has 0 bridgehead atoms. The van der Waals surface area contributed by atoms with Crippen molar-refractivity contribution in [2.75, 3.05) is 24.1 Å². The summed E-state index contributed by atoms with van der Waals surface area (Å²) in [7, 11) is 0. The average molecular weight is 467 g/mol.